The van der Waals surface area contributed by atoms with Crippen LogP contribution < -0.4 is 5.32 Å². The van der Waals surface area contributed by atoms with E-state index in [1.807, 2.05) is 48.5 Å². The molecule has 3 rings (SSSR count). The summed E-state index contributed by atoms with van der Waals surface area (Å²) < 4.78 is 6.05. The number of carbonyl (C=O) groups excluding carboxylic acids is 2. The molecule has 2 aromatic rings. The standard InChI is InChI=1S/C18H17BrN2O3/c1-2-24-18(23)21-11-16(22)20-15-9-8-13(19)10-14(15)17(21)12-6-4-3-5-7-12/h3-10,17H,2,11H2,1H3,(H,20,22). The van der Waals surface area contributed by atoms with Gasteiger partial charge >= 0.3 is 6.09 Å². The zero-order valence-electron chi connectivity index (χ0n) is 13.2. The summed E-state index contributed by atoms with van der Waals surface area (Å²) in [7, 11) is 0. The predicted molar refractivity (Wildman–Crippen MR) is 94.8 cm³/mol. The van der Waals surface area contributed by atoms with Gasteiger partial charge in [-0.2, -0.15) is 0 Å². The minimum absolute atomic E-state index is 0.0648. The Morgan fingerprint density at radius 2 is 2.04 bits per heavy atom. The lowest BCUT2D eigenvalue weighted by Gasteiger charge is -2.29. The molecule has 1 N–H and O–H groups in total. The lowest BCUT2D eigenvalue weighted by Crippen LogP contribution is -2.39. The van der Waals surface area contributed by atoms with E-state index in [1.54, 1.807) is 6.92 Å². The van der Waals surface area contributed by atoms with Crippen LogP contribution in [0.5, 0.6) is 0 Å². The first-order chi connectivity index (χ1) is 11.6. The monoisotopic (exact) mass is 388 g/mol. The van der Waals surface area contributed by atoms with E-state index in [4.69, 9.17) is 4.74 Å². The van der Waals surface area contributed by atoms with Crippen molar-refractivity contribution in [1.29, 1.82) is 0 Å². The average molecular weight is 389 g/mol. The Morgan fingerprint density at radius 1 is 1.29 bits per heavy atom. The first-order valence-electron chi connectivity index (χ1n) is 7.67. The van der Waals surface area contributed by atoms with Gasteiger partial charge < -0.3 is 10.1 Å². The molecule has 124 valence electrons. The van der Waals surface area contributed by atoms with Crippen LogP contribution in [0.25, 0.3) is 0 Å². The highest BCUT2D eigenvalue weighted by Gasteiger charge is 2.34. The Morgan fingerprint density at radius 3 is 2.75 bits per heavy atom. The van der Waals surface area contributed by atoms with E-state index >= 15 is 0 Å². The number of amides is 2. The van der Waals surface area contributed by atoms with E-state index in [-0.39, 0.29) is 19.1 Å². The molecule has 2 amide bonds. The number of anilines is 1. The zero-order valence-corrected chi connectivity index (χ0v) is 14.7. The van der Waals surface area contributed by atoms with Crippen molar-refractivity contribution in [3.63, 3.8) is 0 Å². The van der Waals surface area contributed by atoms with Crippen LogP contribution in [-0.2, 0) is 9.53 Å². The Labute approximate surface area is 148 Å². The van der Waals surface area contributed by atoms with E-state index < -0.39 is 12.1 Å². The first kappa shape index (κ1) is 16.5. The van der Waals surface area contributed by atoms with E-state index in [0.717, 1.165) is 15.6 Å². The van der Waals surface area contributed by atoms with Gasteiger partial charge in [-0.15, -0.1) is 0 Å². The molecule has 5 nitrogen and oxygen atoms in total. The van der Waals surface area contributed by atoms with Gasteiger partial charge in [0.1, 0.15) is 6.54 Å². The number of fused-ring (bicyclic) bond motifs is 1. The summed E-state index contributed by atoms with van der Waals surface area (Å²) in [6.45, 7) is 1.94. The number of hydrogen-bond acceptors (Lipinski definition) is 3. The van der Waals surface area contributed by atoms with Gasteiger partial charge in [0.15, 0.2) is 0 Å². The molecular weight excluding hydrogens is 372 g/mol. The van der Waals surface area contributed by atoms with Crippen LogP contribution in [0.4, 0.5) is 10.5 Å². The molecule has 1 heterocycles. The molecule has 1 aliphatic rings. The molecule has 2 aromatic carbocycles. The van der Waals surface area contributed by atoms with Crippen molar-refractivity contribution in [2.24, 2.45) is 0 Å². The van der Waals surface area contributed by atoms with Crippen molar-refractivity contribution in [3.8, 4) is 0 Å². The summed E-state index contributed by atoms with van der Waals surface area (Å²) >= 11 is 3.47. The smallest absolute Gasteiger partial charge is 0.411 e. The van der Waals surface area contributed by atoms with Gasteiger partial charge in [0, 0.05) is 15.7 Å². The Kier molecular flexibility index (Phi) is 4.85. The van der Waals surface area contributed by atoms with E-state index in [2.05, 4.69) is 21.2 Å². The Hall–Kier alpha value is -2.34. The third kappa shape index (κ3) is 3.28. The lowest BCUT2D eigenvalue weighted by atomic mass is 9.96. The van der Waals surface area contributed by atoms with Crippen LogP contribution in [0.15, 0.2) is 53.0 Å². The zero-order chi connectivity index (χ0) is 17.1. The summed E-state index contributed by atoms with van der Waals surface area (Å²) in [6.07, 6.45) is -0.505. The molecule has 0 saturated carbocycles. The van der Waals surface area contributed by atoms with E-state index in [0.29, 0.717) is 5.69 Å². The summed E-state index contributed by atoms with van der Waals surface area (Å²) in [5.74, 6) is -0.245. The highest BCUT2D eigenvalue weighted by atomic mass is 79.9. The molecule has 0 bridgehead atoms. The van der Waals surface area contributed by atoms with Gasteiger partial charge in [-0.1, -0.05) is 46.3 Å². The molecular formula is C18H17BrN2O3. The molecule has 0 fully saturated rings. The Balaban J connectivity index is 2.17. The summed E-state index contributed by atoms with van der Waals surface area (Å²) in [5, 5.41) is 2.87. The third-order valence-electron chi connectivity index (χ3n) is 3.83. The SMILES string of the molecule is CCOC(=O)N1CC(=O)Nc2ccc(Br)cc2C1c1ccccc1. The van der Waals surface area contributed by atoms with Gasteiger partial charge in [0.05, 0.1) is 12.6 Å². The molecule has 0 saturated heterocycles. The number of nitrogens with one attached hydrogen (secondary N) is 1. The van der Waals surface area contributed by atoms with Crippen LogP contribution >= 0.6 is 15.9 Å². The van der Waals surface area contributed by atoms with Crippen molar-refractivity contribution in [3.05, 3.63) is 64.1 Å². The number of nitrogens with zero attached hydrogens (tertiary/aromatic N) is 1. The van der Waals surface area contributed by atoms with Crippen molar-refractivity contribution in [2.75, 3.05) is 18.5 Å². The van der Waals surface area contributed by atoms with Gasteiger partial charge in [0.25, 0.3) is 0 Å². The van der Waals surface area contributed by atoms with E-state index in [1.165, 1.54) is 4.90 Å². The van der Waals surface area contributed by atoms with E-state index in [9.17, 15) is 9.59 Å². The van der Waals surface area contributed by atoms with Crippen molar-refractivity contribution < 1.29 is 14.3 Å². The first-order valence-corrected chi connectivity index (χ1v) is 8.47. The quantitative estimate of drug-likeness (QED) is 0.846. The lowest BCUT2D eigenvalue weighted by molar-refractivity contribution is -0.117. The number of ether oxygens (including phenoxy) is 1. The average Bonchev–Trinajstić information content (AvgIpc) is 2.71. The van der Waals surface area contributed by atoms with Crippen molar-refractivity contribution >= 4 is 33.6 Å². The summed E-state index contributed by atoms with van der Waals surface area (Å²) in [5.41, 5.74) is 2.46. The fourth-order valence-electron chi connectivity index (χ4n) is 2.85. The second-order valence-electron chi connectivity index (χ2n) is 5.42. The molecule has 1 aliphatic heterocycles. The van der Waals surface area contributed by atoms with Crippen LogP contribution in [0, 0.1) is 0 Å². The van der Waals surface area contributed by atoms with Gasteiger partial charge in [-0.05, 0) is 30.7 Å². The molecule has 1 unspecified atom stereocenters. The third-order valence-corrected chi connectivity index (χ3v) is 4.32. The van der Waals surface area contributed by atoms with Crippen LogP contribution in [-0.4, -0.2) is 30.1 Å². The molecule has 24 heavy (non-hydrogen) atoms. The second kappa shape index (κ2) is 7.05. The number of hydrogen-bond donors (Lipinski definition) is 1. The Bertz CT molecular complexity index is 764. The number of carbonyl (C=O) groups is 2. The number of halogens is 1. The molecule has 0 radical (unpaired) electrons. The second-order valence-corrected chi connectivity index (χ2v) is 6.34. The van der Waals surface area contributed by atoms with Crippen LogP contribution in [0.1, 0.15) is 24.1 Å². The number of rotatable bonds is 2. The van der Waals surface area contributed by atoms with Crippen LogP contribution in [0.2, 0.25) is 0 Å². The fourth-order valence-corrected chi connectivity index (χ4v) is 3.23. The minimum atomic E-state index is -0.505. The fraction of sp³-hybridized carbons (Fsp3) is 0.222. The van der Waals surface area contributed by atoms with Crippen LogP contribution in [0.3, 0.4) is 0 Å². The molecule has 0 spiro atoms. The van der Waals surface area contributed by atoms with Gasteiger partial charge in [-0.25, -0.2) is 4.79 Å². The molecule has 6 heteroatoms. The predicted octanol–water partition coefficient (Wildman–Crippen LogP) is 3.95. The summed E-state index contributed by atoms with van der Waals surface area (Å²) in [4.78, 5) is 26.2. The van der Waals surface area contributed by atoms with Crippen molar-refractivity contribution in [1.82, 2.24) is 4.90 Å². The topological polar surface area (TPSA) is 58.6 Å². The highest BCUT2D eigenvalue weighted by molar-refractivity contribution is 9.10. The normalized spacial score (nSPS) is 16.8. The van der Waals surface area contributed by atoms with Crippen molar-refractivity contribution in [2.45, 2.75) is 13.0 Å². The molecule has 0 aliphatic carbocycles. The highest BCUT2D eigenvalue weighted by Crippen LogP contribution is 2.37. The minimum Gasteiger partial charge on any atom is -0.450 e. The maximum absolute atomic E-state index is 12.5. The molecule has 1 atom stereocenters. The van der Waals surface area contributed by atoms with Gasteiger partial charge in [0.2, 0.25) is 5.91 Å². The maximum Gasteiger partial charge on any atom is 0.411 e. The maximum atomic E-state index is 12.5. The molecule has 0 aromatic heterocycles. The van der Waals surface area contributed by atoms with Gasteiger partial charge in [-0.3, -0.25) is 9.69 Å². The summed E-state index contributed by atoms with van der Waals surface area (Å²) in [6, 6.07) is 14.8. The number of benzene rings is 2. The largest absolute Gasteiger partial charge is 0.450 e.